The quantitative estimate of drug-likeness (QED) is 0.0251. The number of unbranched alkanes of at least 4 members (excludes halogenated alkanes) is 1. The lowest BCUT2D eigenvalue weighted by atomic mass is 9.96. The van der Waals surface area contributed by atoms with Crippen molar-refractivity contribution in [3.05, 3.63) is 33.1 Å². The highest BCUT2D eigenvalue weighted by Gasteiger charge is 2.52. The highest BCUT2D eigenvalue weighted by molar-refractivity contribution is 7.61. The Hall–Kier alpha value is -5.62. The van der Waals surface area contributed by atoms with Crippen molar-refractivity contribution in [3.8, 4) is 0 Å². The number of carboxylic acid groups (broad SMARTS) is 2. The zero-order valence-electron chi connectivity index (χ0n) is 41.8. The summed E-state index contributed by atoms with van der Waals surface area (Å²) in [6.07, 6.45) is -16.4. The number of nitrogens with two attached hydrogens (primary N) is 1. The monoisotopic (exact) mass is 1150 g/mol. The third-order valence-electron chi connectivity index (χ3n) is 11.4. The average molecular weight is 1150 g/mol. The van der Waals surface area contributed by atoms with E-state index in [9.17, 15) is 92.4 Å². The number of hydrogen-bond acceptors (Lipinski definition) is 23. The zero-order chi connectivity index (χ0) is 58.3. The van der Waals surface area contributed by atoms with Crippen LogP contribution in [0.2, 0.25) is 0 Å². The normalized spacial score (nSPS) is 26.2. The minimum atomic E-state index is -5.95. The standard InChI is InChI=1S/C40H65N9O26P2/c1-16(32(57)44-18(3)37(61)62)43-35(60)21(8-6-7-12-41)46-25(52)10-9-22(38(63)64)47-33(58)17(2)42-34(59)19(4)71-31-27(45-20(5)51)39(73-23(14-50)29(31)55)74-77(68,69)75-76(66,67)70-15-24-28(54)30(56)36(72-24)49-13-11-26(53)48-40(49)65/h11,13,16-19,21-24,27-31,36,39,50,54-56H,6-10,12,14-15,41H2,1-5H3,(H,42,59)(H,43,60)(H,44,57)(H,45,51)(H,46,52)(H,47,58)(H,61,62)(H,63,64)(H,66,67)(H,68,69)(H,48,53,65)/t16-,17+,18-,19-,21+,22-,23-,24-,27-,28-,29-,30-,31-,36-,39?/m1/s1. The van der Waals surface area contributed by atoms with Gasteiger partial charge in [0.05, 0.1) is 13.2 Å². The van der Waals surface area contributed by atoms with Crippen LogP contribution in [0.15, 0.2) is 21.9 Å². The number of carboxylic acids is 2. The van der Waals surface area contributed by atoms with Crippen molar-refractivity contribution >= 4 is 63.0 Å². The molecule has 17 N–H and O–H groups in total. The number of amides is 6. The Labute approximate surface area is 436 Å². The highest BCUT2D eigenvalue weighted by atomic mass is 31.3. The van der Waals surface area contributed by atoms with Gasteiger partial charge in [0.1, 0.15) is 79.0 Å². The number of H-pyrrole nitrogens is 1. The summed E-state index contributed by atoms with van der Waals surface area (Å²) in [5.74, 6) is -8.67. The summed E-state index contributed by atoms with van der Waals surface area (Å²) in [7, 11) is -11.7. The topological polar surface area (TPSA) is 541 Å². The number of aliphatic hydroxyl groups excluding tert-OH is 4. The van der Waals surface area contributed by atoms with E-state index >= 15 is 0 Å². The Morgan fingerprint density at radius 1 is 0.766 bits per heavy atom. The Morgan fingerprint density at radius 2 is 1.38 bits per heavy atom. The van der Waals surface area contributed by atoms with Gasteiger partial charge in [-0.2, -0.15) is 4.31 Å². The van der Waals surface area contributed by atoms with Crippen LogP contribution in [-0.4, -0.2) is 202 Å². The number of aromatic nitrogens is 2. The van der Waals surface area contributed by atoms with Crippen LogP contribution in [-0.2, 0) is 75.1 Å². The van der Waals surface area contributed by atoms with E-state index in [0.29, 0.717) is 17.4 Å². The van der Waals surface area contributed by atoms with E-state index in [4.69, 9.17) is 29.6 Å². The van der Waals surface area contributed by atoms with Gasteiger partial charge in [0, 0.05) is 25.6 Å². The van der Waals surface area contributed by atoms with Gasteiger partial charge < -0.3 is 92.3 Å². The molecule has 2 fully saturated rings. The molecule has 3 unspecified atom stereocenters. The van der Waals surface area contributed by atoms with E-state index in [1.165, 1.54) is 13.8 Å². The summed E-state index contributed by atoms with van der Waals surface area (Å²) in [4.78, 5) is 147. The number of ether oxygens (including phenoxy) is 3. The molecule has 0 spiro atoms. The van der Waals surface area contributed by atoms with Crippen molar-refractivity contribution in [1.82, 2.24) is 41.5 Å². The molecule has 0 aromatic carbocycles. The first-order valence-corrected chi connectivity index (χ1v) is 26.4. The fourth-order valence-corrected chi connectivity index (χ4v) is 9.40. The van der Waals surface area contributed by atoms with Crippen LogP contribution in [0.4, 0.5) is 0 Å². The minimum Gasteiger partial charge on any atom is -0.480 e. The van der Waals surface area contributed by atoms with Gasteiger partial charge in [0.25, 0.3) is 5.56 Å². The number of phosphoric acid groups is 2. The second-order valence-electron chi connectivity index (χ2n) is 17.5. The molecule has 0 radical (unpaired) electrons. The number of phosphoric ester groups is 2. The number of rotatable bonds is 30. The lowest BCUT2D eigenvalue weighted by Crippen LogP contribution is -2.66. The number of carbonyl (C=O) groups is 8. The van der Waals surface area contributed by atoms with Crippen molar-refractivity contribution in [2.45, 2.75) is 158 Å². The van der Waals surface area contributed by atoms with Gasteiger partial charge in [0.2, 0.25) is 35.4 Å². The van der Waals surface area contributed by atoms with Gasteiger partial charge in [-0.05, 0) is 59.9 Å². The van der Waals surface area contributed by atoms with Crippen LogP contribution in [0.25, 0.3) is 0 Å². The first kappa shape index (κ1) is 65.7. The molecule has 436 valence electrons. The number of aliphatic carboxylic acids is 2. The van der Waals surface area contributed by atoms with Gasteiger partial charge >= 0.3 is 33.3 Å². The van der Waals surface area contributed by atoms with Gasteiger partial charge in [-0.15, -0.1) is 0 Å². The van der Waals surface area contributed by atoms with E-state index in [1.54, 1.807) is 0 Å². The maximum Gasteiger partial charge on any atom is 0.483 e. The van der Waals surface area contributed by atoms with E-state index in [2.05, 4.69) is 40.7 Å². The molecule has 0 aliphatic carbocycles. The van der Waals surface area contributed by atoms with Gasteiger partial charge in [-0.3, -0.25) is 57.0 Å². The molecule has 17 atom stereocenters. The van der Waals surface area contributed by atoms with Crippen LogP contribution in [0.1, 0.15) is 73.0 Å². The van der Waals surface area contributed by atoms with Crippen LogP contribution in [0.3, 0.4) is 0 Å². The van der Waals surface area contributed by atoms with Crippen LogP contribution < -0.4 is 48.9 Å². The molecular weight excluding hydrogens is 1080 g/mol. The molecule has 0 bridgehead atoms. The van der Waals surface area contributed by atoms with Crippen molar-refractivity contribution < 1.29 is 115 Å². The second-order valence-corrected chi connectivity index (χ2v) is 20.5. The summed E-state index contributed by atoms with van der Waals surface area (Å²) in [6, 6.07) is -8.13. The van der Waals surface area contributed by atoms with E-state index in [1.807, 2.05) is 4.98 Å². The van der Waals surface area contributed by atoms with Crippen molar-refractivity contribution in [2.24, 2.45) is 5.73 Å². The molecule has 77 heavy (non-hydrogen) atoms. The molecule has 0 saturated carbocycles. The van der Waals surface area contributed by atoms with Gasteiger partial charge in [-0.1, -0.05) is 0 Å². The molecule has 2 aliphatic heterocycles. The minimum absolute atomic E-state index is 0.0339. The first-order valence-electron chi connectivity index (χ1n) is 23.4. The molecule has 2 aliphatic rings. The van der Waals surface area contributed by atoms with Gasteiger partial charge in [0.15, 0.2) is 12.5 Å². The maximum atomic E-state index is 13.4. The summed E-state index contributed by atoms with van der Waals surface area (Å²) < 4.78 is 57.0. The Kier molecular flexibility index (Phi) is 25.1. The Balaban J connectivity index is 1.65. The summed E-state index contributed by atoms with van der Waals surface area (Å²) in [5, 5.41) is 74.4. The molecule has 6 amide bonds. The lowest BCUT2D eigenvalue weighted by Gasteiger charge is -2.44. The third kappa shape index (κ3) is 20.0. The number of aliphatic hydroxyl groups is 4. The molecule has 3 rings (SSSR count). The van der Waals surface area contributed by atoms with Crippen molar-refractivity contribution in [2.75, 3.05) is 19.8 Å². The number of hydrogen-bond donors (Lipinski definition) is 16. The summed E-state index contributed by atoms with van der Waals surface area (Å²) >= 11 is 0. The SMILES string of the molecule is CC(=O)N[C@H]1C(OP(=O)(O)OP(=O)(O)OC[C@H]2O[C@@H](n3ccc(=O)[nH]c3=O)[C@H](O)[C@@H]2O)O[C@H](CO)[C@@H](O)[C@@H]1O[C@H](C)C(=O)N[C@@H](C)C(=O)N[C@H](CCC(=O)N[C@@H](CCCCN)C(=O)N[C@H](C)C(=O)N[C@H](C)C(=O)O)C(=O)O. The number of nitrogens with zero attached hydrogens (tertiary/aromatic N) is 1. The Morgan fingerprint density at radius 3 is 1.95 bits per heavy atom. The van der Waals surface area contributed by atoms with Crippen molar-refractivity contribution in [1.29, 1.82) is 0 Å². The average Bonchev–Trinajstić information content (AvgIpc) is 3.61. The molecule has 1 aromatic rings. The van der Waals surface area contributed by atoms with E-state index in [-0.39, 0.29) is 13.0 Å². The third-order valence-corrected chi connectivity index (χ3v) is 14.0. The lowest BCUT2D eigenvalue weighted by molar-refractivity contribution is -0.261. The number of nitrogens with one attached hydrogen (secondary N) is 7. The molecular formula is C40H65N9O26P2. The summed E-state index contributed by atoms with van der Waals surface area (Å²) in [6.45, 7) is 3.53. The summed E-state index contributed by atoms with van der Waals surface area (Å²) in [5.41, 5.74) is 3.66. The predicted molar refractivity (Wildman–Crippen MR) is 253 cm³/mol. The molecule has 1 aromatic heterocycles. The van der Waals surface area contributed by atoms with Crippen molar-refractivity contribution in [3.63, 3.8) is 0 Å². The predicted octanol–water partition coefficient (Wildman–Crippen LogP) is -6.68. The van der Waals surface area contributed by atoms with E-state index < -0.39 is 192 Å². The van der Waals surface area contributed by atoms with Crippen LogP contribution in [0.5, 0.6) is 0 Å². The first-order chi connectivity index (χ1) is 35.8. The molecule has 3 heterocycles. The maximum absolute atomic E-state index is 13.4. The molecule has 35 nitrogen and oxygen atoms in total. The highest BCUT2D eigenvalue weighted by Crippen LogP contribution is 2.61. The van der Waals surface area contributed by atoms with Crippen LogP contribution >= 0.6 is 15.6 Å². The number of aromatic amines is 1. The zero-order valence-corrected chi connectivity index (χ0v) is 43.6. The fourth-order valence-electron chi connectivity index (χ4n) is 7.24. The van der Waals surface area contributed by atoms with E-state index in [0.717, 1.165) is 33.0 Å². The fraction of sp³-hybridized carbons (Fsp3) is 0.700. The smallest absolute Gasteiger partial charge is 0.480 e. The van der Waals surface area contributed by atoms with Crippen LogP contribution in [0, 0.1) is 0 Å². The molecule has 37 heteroatoms. The molecule has 2 saturated heterocycles. The van der Waals surface area contributed by atoms with Gasteiger partial charge in [-0.25, -0.2) is 18.7 Å². The largest absolute Gasteiger partial charge is 0.483 e. The Bertz CT molecular complexity index is 2480. The number of carbonyl (C=O) groups excluding carboxylic acids is 6. The second kappa shape index (κ2) is 29.4.